The minimum atomic E-state index is -0.170. The molecule has 0 saturated heterocycles. The van der Waals surface area contributed by atoms with Gasteiger partial charge in [-0.2, -0.15) is 5.26 Å². The van der Waals surface area contributed by atoms with E-state index in [0.29, 0.717) is 22.8 Å². The zero-order valence-corrected chi connectivity index (χ0v) is 14.0. The van der Waals surface area contributed by atoms with Crippen molar-refractivity contribution in [3.63, 3.8) is 0 Å². The van der Waals surface area contributed by atoms with Gasteiger partial charge in [-0.05, 0) is 49.2 Å². The highest BCUT2D eigenvalue weighted by atomic mass is 16.5. The van der Waals surface area contributed by atoms with Gasteiger partial charge >= 0.3 is 0 Å². The Balaban J connectivity index is 1.88. The molecule has 5 nitrogen and oxygen atoms in total. The number of amidine groups is 1. The van der Waals surface area contributed by atoms with Gasteiger partial charge in [-0.1, -0.05) is 18.2 Å². The Morgan fingerprint density at radius 1 is 1.12 bits per heavy atom. The Labute approximate surface area is 146 Å². The van der Waals surface area contributed by atoms with Crippen molar-refractivity contribution in [3.05, 3.63) is 71.0 Å². The number of amides is 1. The molecule has 1 aliphatic rings. The number of hydrogen-bond acceptors (Lipinski definition) is 4. The molecule has 0 atom stereocenters. The van der Waals surface area contributed by atoms with Crippen LogP contribution < -0.4 is 10.1 Å². The lowest BCUT2D eigenvalue weighted by atomic mass is 10.1. The van der Waals surface area contributed by atoms with E-state index in [2.05, 4.69) is 16.4 Å². The molecule has 3 rings (SSSR count). The second kappa shape index (κ2) is 7.02. The molecule has 2 aromatic carbocycles. The second-order valence-electron chi connectivity index (χ2n) is 5.81. The van der Waals surface area contributed by atoms with Crippen LogP contribution in [0.25, 0.3) is 0 Å². The highest BCUT2D eigenvalue weighted by Crippen LogP contribution is 2.26. The largest absolute Gasteiger partial charge is 0.460 e. The fourth-order valence-electron chi connectivity index (χ4n) is 2.55. The minimum Gasteiger partial charge on any atom is -0.460 e. The minimum absolute atomic E-state index is 0.167. The lowest BCUT2D eigenvalue weighted by molar-refractivity contribution is -0.119. The molecule has 0 unspecified atom stereocenters. The van der Waals surface area contributed by atoms with Crippen molar-refractivity contribution >= 4 is 17.4 Å². The number of aliphatic imine (C=N–C) groups is 1. The first kappa shape index (κ1) is 16.5. The average molecular weight is 331 g/mol. The number of nitriles is 1. The third-order valence-electron chi connectivity index (χ3n) is 3.79. The number of carbonyl (C=O) groups excluding carboxylic acids is 1. The zero-order chi connectivity index (χ0) is 17.8. The predicted molar refractivity (Wildman–Crippen MR) is 95.6 cm³/mol. The van der Waals surface area contributed by atoms with E-state index in [1.54, 1.807) is 30.3 Å². The lowest BCUT2D eigenvalue weighted by Gasteiger charge is -2.18. The quantitative estimate of drug-likeness (QED) is 0.932. The number of rotatable bonds is 3. The molecule has 1 heterocycles. The van der Waals surface area contributed by atoms with Gasteiger partial charge in [0, 0.05) is 6.08 Å². The van der Waals surface area contributed by atoms with Crippen LogP contribution in [0.4, 0.5) is 5.69 Å². The van der Waals surface area contributed by atoms with Crippen LogP contribution in [0.2, 0.25) is 0 Å². The third-order valence-corrected chi connectivity index (χ3v) is 3.79. The van der Waals surface area contributed by atoms with Gasteiger partial charge in [0.25, 0.3) is 0 Å². The van der Waals surface area contributed by atoms with Crippen molar-refractivity contribution in [2.24, 2.45) is 4.99 Å². The van der Waals surface area contributed by atoms with Crippen molar-refractivity contribution in [1.82, 2.24) is 5.32 Å². The summed E-state index contributed by atoms with van der Waals surface area (Å²) in [7, 11) is 0. The Morgan fingerprint density at radius 3 is 2.44 bits per heavy atom. The average Bonchev–Trinajstić information content (AvgIpc) is 2.58. The van der Waals surface area contributed by atoms with E-state index in [1.807, 2.05) is 32.0 Å². The second-order valence-corrected chi connectivity index (χ2v) is 5.81. The zero-order valence-electron chi connectivity index (χ0n) is 14.0. The summed E-state index contributed by atoms with van der Waals surface area (Å²) in [6, 6.07) is 14.8. The Hall–Kier alpha value is -3.39. The number of carbonyl (C=O) groups is 1. The fourth-order valence-corrected chi connectivity index (χ4v) is 2.55. The summed E-state index contributed by atoms with van der Waals surface area (Å²) in [6.07, 6.45) is 1.89. The van der Waals surface area contributed by atoms with Gasteiger partial charge in [0.05, 0.1) is 23.7 Å². The molecule has 0 bridgehead atoms. The van der Waals surface area contributed by atoms with Gasteiger partial charge in [-0.3, -0.25) is 4.79 Å². The highest BCUT2D eigenvalue weighted by Gasteiger charge is 2.18. The lowest BCUT2D eigenvalue weighted by Crippen LogP contribution is -2.34. The summed E-state index contributed by atoms with van der Waals surface area (Å²) >= 11 is 0. The molecule has 0 fully saturated rings. The first-order valence-electron chi connectivity index (χ1n) is 7.88. The van der Waals surface area contributed by atoms with E-state index < -0.39 is 0 Å². The standard InChI is InChI=1S/C20H17N3O2/c1-13-4-3-5-14(2)20(13)25-17-10-18(23-19(24)11-17)22-16-8-6-15(12-21)7-9-16/h3-10H,11H2,1-2H3,(H,22,23,24). The van der Waals surface area contributed by atoms with Gasteiger partial charge in [0.15, 0.2) is 0 Å². The van der Waals surface area contributed by atoms with Crippen LogP contribution in [0.15, 0.2) is 59.3 Å². The van der Waals surface area contributed by atoms with Gasteiger partial charge in [-0.25, -0.2) is 4.99 Å². The Bertz CT molecular complexity index is 899. The van der Waals surface area contributed by atoms with Crippen molar-refractivity contribution in [2.75, 3.05) is 0 Å². The van der Waals surface area contributed by atoms with E-state index in [9.17, 15) is 4.79 Å². The predicted octanol–water partition coefficient (Wildman–Crippen LogP) is 3.69. The van der Waals surface area contributed by atoms with Crippen molar-refractivity contribution in [1.29, 1.82) is 5.26 Å². The molecule has 1 N–H and O–H groups in total. The highest BCUT2D eigenvalue weighted by molar-refractivity contribution is 6.08. The molecule has 124 valence electrons. The molecule has 5 heteroatoms. The number of benzene rings is 2. The molecule has 2 aromatic rings. The summed E-state index contributed by atoms with van der Waals surface area (Å²) in [4.78, 5) is 16.4. The normalized spacial score (nSPS) is 15.3. The summed E-state index contributed by atoms with van der Waals surface area (Å²) in [6.45, 7) is 3.94. The maximum atomic E-state index is 12.0. The van der Waals surface area contributed by atoms with E-state index in [1.165, 1.54) is 0 Å². The maximum Gasteiger partial charge on any atom is 0.233 e. The van der Waals surface area contributed by atoms with Crippen LogP contribution in [-0.4, -0.2) is 11.7 Å². The van der Waals surface area contributed by atoms with Crippen LogP contribution in [0.3, 0.4) is 0 Å². The van der Waals surface area contributed by atoms with Crippen molar-refractivity contribution in [2.45, 2.75) is 20.3 Å². The van der Waals surface area contributed by atoms with Crippen LogP contribution in [-0.2, 0) is 4.79 Å². The monoisotopic (exact) mass is 331 g/mol. The molecule has 25 heavy (non-hydrogen) atoms. The maximum absolute atomic E-state index is 12.0. The molecular formula is C20H17N3O2. The van der Waals surface area contributed by atoms with Crippen LogP contribution >= 0.6 is 0 Å². The van der Waals surface area contributed by atoms with Crippen LogP contribution in [0.1, 0.15) is 23.1 Å². The molecule has 1 aliphatic heterocycles. The number of nitrogens with one attached hydrogen (secondary N) is 1. The molecule has 0 aromatic heterocycles. The molecule has 1 amide bonds. The summed E-state index contributed by atoms with van der Waals surface area (Å²) in [5, 5.41) is 11.6. The first-order valence-corrected chi connectivity index (χ1v) is 7.88. The number of para-hydroxylation sites is 1. The number of nitrogens with zero attached hydrogens (tertiary/aromatic N) is 2. The van der Waals surface area contributed by atoms with E-state index in [0.717, 1.165) is 16.9 Å². The molecular weight excluding hydrogens is 314 g/mol. The van der Waals surface area contributed by atoms with Crippen molar-refractivity contribution in [3.8, 4) is 11.8 Å². The molecule has 0 radical (unpaired) electrons. The number of hydrogen-bond donors (Lipinski definition) is 1. The van der Waals surface area contributed by atoms with Gasteiger partial charge in [0.1, 0.15) is 17.3 Å². The SMILES string of the molecule is Cc1cccc(C)c1OC1=CC(=Nc2ccc(C#N)cc2)NC(=O)C1. The molecule has 0 spiro atoms. The summed E-state index contributed by atoms with van der Waals surface area (Å²) in [5.41, 5.74) is 3.24. The van der Waals surface area contributed by atoms with Gasteiger partial charge < -0.3 is 10.1 Å². The number of aryl methyl sites for hydroxylation is 2. The smallest absolute Gasteiger partial charge is 0.233 e. The Kier molecular flexibility index (Phi) is 4.62. The van der Waals surface area contributed by atoms with Crippen LogP contribution in [0, 0.1) is 25.2 Å². The van der Waals surface area contributed by atoms with Gasteiger partial charge in [0.2, 0.25) is 5.91 Å². The van der Waals surface area contributed by atoms with E-state index in [4.69, 9.17) is 10.00 Å². The first-order chi connectivity index (χ1) is 12.0. The molecule has 0 aliphatic carbocycles. The van der Waals surface area contributed by atoms with E-state index in [-0.39, 0.29) is 12.3 Å². The van der Waals surface area contributed by atoms with E-state index >= 15 is 0 Å². The summed E-state index contributed by atoms with van der Waals surface area (Å²) in [5.74, 6) is 1.56. The fraction of sp³-hybridized carbons (Fsp3) is 0.150. The van der Waals surface area contributed by atoms with Crippen LogP contribution in [0.5, 0.6) is 5.75 Å². The number of ether oxygens (including phenoxy) is 1. The third kappa shape index (κ3) is 3.93. The molecule has 0 saturated carbocycles. The topological polar surface area (TPSA) is 74.5 Å². The summed E-state index contributed by atoms with van der Waals surface area (Å²) < 4.78 is 5.97. The Morgan fingerprint density at radius 2 is 1.80 bits per heavy atom. The van der Waals surface area contributed by atoms with Crippen molar-refractivity contribution < 1.29 is 9.53 Å². The van der Waals surface area contributed by atoms with Gasteiger partial charge in [-0.15, -0.1) is 0 Å².